The maximum absolute atomic E-state index is 13.7. The summed E-state index contributed by atoms with van der Waals surface area (Å²) < 4.78 is 43.3. The highest BCUT2D eigenvalue weighted by atomic mass is 19.2. The normalized spacial score (nSPS) is 16.4. The van der Waals surface area contributed by atoms with Crippen LogP contribution in [-0.2, 0) is 11.2 Å². The van der Waals surface area contributed by atoms with Crippen LogP contribution in [0.1, 0.15) is 29.0 Å². The van der Waals surface area contributed by atoms with Crippen molar-refractivity contribution in [2.45, 2.75) is 18.8 Å². The van der Waals surface area contributed by atoms with Crippen molar-refractivity contribution >= 4 is 5.78 Å². The summed E-state index contributed by atoms with van der Waals surface area (Å²) in [5.74, 6) is -0.999. The van der Waals surface area contributed by atoms with Crippen LogP contribution in [0.15, 0.2) is 24.3 Å². The second kappa shape index (κ2) is 6.70. The number of halogens is 2. The highest BCUT2D eigenvalue weighted by molar-refractivity contribution is 5.86. The van der Waals surface area contributed by atoms with Crippen LogP contribution >= 0.6 is 0 Å². The lowest BCUT2D eigenvalue weighted by Gasteiger charge is -2.29. The van der Waals surface area contributed by atoms with Gasteiger partial charge in [-0.05, 0) is 29.3 Å². The van der Waals surface area contributed by atoms with Gasteiger partial charge in [0.1, 0.15) is 5.78 Å². The van der Waals surface area contributed by atoms with Crippen LogP contribution in [0, 0.1) is 11.6 Å². The van der Waals surface area contributed by atoms with E-state index < -0.39 is 17.6 Å². The number of fused-ring (bicyclic) bond motifs is 1. The molecule has 4 nitrogen and oxygen atoms in total. The van der Waals surface area contributed by atoms with Gasteiger partial charge in [0.15, 0.2) is 23.1 Å². The Morgan fingerprint density at radius 2 is 1.68 bits per heavy atom. The zero-order chi connectivity index (χ0) is 18.1. The summed E-state index contributed by atoms with van der Waals surface area (Å²) in [6, 6.07) is 5.41. The van der Waals surface area contributed by atoms with E-state index in [4.69, 9.17) is 14.2 Å². The Morgan fingerprint density at radius 1 is 0.960 bits per heavy atom. The number of rotatable bonds is 4. The number of methoxy groups -OCH3 is 3. The largest absolute Gasteiger partial charge is 0.493 e. The average molecular weight is 348 g/mol. The van der Waals surface area contributed by atoms with Crippen LogP contribution in [0.3, 0.4) is 0 Å². The van der Waals surface area contributed by atoms with Gasteiger partial charge in [-0.2, -0.15) is 0 Å². The molecule has 0 saturated heterocycles. The molecule has 132 valence electrons. The molecule has 0 N–H and O–H groups in total. The van der Waals surface area contributed by atoms with E-state index in [-0.39, 0.29) is 18.6 Å². The minimum Gasteiger partial charge on any atom is -0.493 e. The number of ether oxygens (including phenoxy) is 3. The van der Waals surface area contributed by atoms with Crippen molar-refractivity contribution < 1.29 is 27.8 Å². The van der Waals surface area contributed by atoms with Gasteiger partial charge in [-0.1, -0.05) is 6.07 Å². The summed E-state index contributed by atoms with van der Waals surface area (Å²) in [6.07, 6.45) is 0.413. The summed E-state index contributed by atoms with van der Waals surface area (Å²) in [7, 11) is 4.49. The Kier molecular flexibility index (Phi) is 4.61. The molecule has 0 amide bonds. The molecule has 0 bridgehead atoms. The topological polar surface area (TPSA) is 44.8 Å². The van der Waals surface area contributed by atoms with Crippen LogP contribution in [0.5, 0.6) is 17.2 Å². The number of ketones is 1. The highest BCUT2D eigenvalue weighted by Crippen LogP contribution is 2.49. The maximum Gasteiger partial charge on any atom is 0.203 e. The van der Waals surface area contributed by atoms with Crippen molar-refractivity contribution in [3.8, 4) is 17.2 Å². The van der Waals surface area contributed by atoms with Crippen molar-refractivity contribution in [1.82, 2.24) is 0 Å². The predicted molar refractivity (Wildman–Crippen MR) is 87.6 cm³/mol. The van der Waals surface area contributed by atoms with Gasteiger partial charge in [-0.15, -0.1) is 0 Å². The highest BCUT2D eigenvalue weighted by Gasteiger charge is 2.33. The standard InChI is InChI=1S/C19H18F2O4/c1-23-16-8-11-6-12(22)9-13(10-4-5-14(20)15(21)7-10)17(11)19(25-3)18(16)24-2/h4-5,7-8,13H,6,9H2,1-3H3. The Labute approximate surface area is 144 Å². The van der Waals surface area contributed by atoms with Gasteiger partial charge in [0.05, 0.1) is 21.3 Å². The molecule has 0 heterocycles. The monoisotopic (exact) mass is 348 g/mol. The number of Topliss-reactive ketones (excluding diaryl/α,β-unsaturated/α-hetero) is 1. The SMILES string of the molecule is COc1cc2c(c(OC)c1OC)C(c1ccc(F)c(F)c1)CC(=O)C2. The fourth-order valence-electron chi connectivity index (χ4n) is 3.39. The van der Waals surface area contributed by atoms with E-state index in [0.717, 1.165) is 23.3 Å². The minimum atomic E-state index is -0.948. The Balaban J connectivity index is 2.25. The molecule has 0 spiro atoms. The first-order valence-corrected chi connectivity index (χ1v) is 7.78. The zero-order valence-corrected chi connectivity index (χ0v) is 14.2. The third-order valence-electron chi connectivity index (χ3n) is 4.47. The summed E-state index contributed by atoms with van der Waals surface area (Å²) in [5, 5.41) is 0. The van der Waals surface area contributed by atoms with Gasteiger partial charge < -0.3 is 14.2 Å². The third kappa shape index (κ3) is 2.92. The minimum absolute atomic E-state index is 0.0107. The molecule has 1 unspecified atom stereocenters. The first kappa shape index (κ1) is 17.2. The number of hydrogen-bond donors (Lipinski definition) is 0. The van der Waals surface area contributed by atoms with E-state index in [1.807, 2.05) is 0 Å². The molecule has 1 aliphatic rings. The van der Waals surface area contributed by atoms with Crippen molar-refractivity contribution in [2.75, 3.05) is 21.3 Å². The second-order valence-corrected chi connectivity index (χ2v) is 5.86. The molecule has 0 fully saturated rings. The summed E-state index contributed by atoms with van der Waals surface area (Å²) in [6.45, 7) is 0. The fraction of sp³-hybridized carbons (Fsp3) is 0.316. The van der Waals surface area contributed by atoms with Crippen LogP contribution < -0.4 is 14.2 Å². The molecule has 6 heteroatoms. The van der Waals surface area contributed by atoms with E-state index in [1.165, 1.54) is 27.4 Å². The van der Waals surface area contributed by atoms with Crippen LogP contribution in [0.4, 0.5) is 8.78 Å². The summed E-state index contributed by atoms with van der Waals surface area (Å²) in [5.41, 5.74) is 1.99. The van der Waals surface area contributed by atoms with Crippen molar-refractivity contribution in [3.05, 3.63) is 52.6 Å². The lowest BCUT2D eigenvalue weighted by Crippen LogP contribution is -2.21. The van der Waals surface area contributed by atoms with E-state index in [2.05, 4.69) is 0 Å². The maximum atomic E-state index is 13.7. The number of hydrogen-bond acceptors (Lipinski definition) is 4. The van der Waals surface area contributed by atoms with Gasteiger partial charge >= 0.3 is 0 Å². The average Bonchev–Trinajstić information content (AvgIpc) is 2.61. The van der Waals surface area contributed by atoms with E-state index in [9.17, 15) is 13.6 Å². The predicted octanol–water partition coefficient (Wildman–Crippen LogP) is 3.64. The third-order valence-corrected chi connectivity index (χ3v) is 4.47. The molecular weight excluding hydrogens is 330 g/mol. The number of carbonyl (C=O) groups is 1. The first-order valence-electron chi connectivity index (χ1n) is 7.78. The molecule has 0 aromatic heterocycles. The molecule has 2 aromatic rings. The van der Waals surface area contributed by atoms with E-state index in [0.29, 0.717) is 22.8 Å². The first-order chi connectivity index (χ1) is 12.0. The van der Waals surface area contributed by atoms with Gasteiger partial charge in [-0.3, -0.25) is 4.79 Å². The van der Waals surface area contributed by atoms with Gasteiger partial charge in [0, 0.05) is 24.3 Å². The lowest BCUT2D eigenvalue weighted by atomic mass is 9.77. The summed E-state index contributed by atoms with van der Waals surface area (Å²) >= 11 is 0. The molecule has 2 aromatic carbocycles. The number of carbonyl (C=O) groups excluding carboxylic acids is 1. The Bertz CT molecular complexity index is 833. The lowest BCUT2D eigenvalue weighted by molar-refractivity contribution is -0.119. The second-order valence-electron chi connectivity index (χ2n) is 5.86. The van der Waals surface area contributed by atoms with Crippen molar-refractivity contribution in [3.63, 3.8) is 0 Å². The van der Waals surface area contributed by atoms with E-state index >= 15 is 0 Å². The van der Waals surface area contributed by atoms with E-state index in [1.54, 1.807) is 6.07 Å². The van der Waals surface area contributed by atoms with Crippen molar-refractivity contribution in [2.24, 2.45) is 0 Å². The smallest absolute Gasteiger partial charge is 0.203 e. The molecule has 0 saturated carbocycles. The Morgan fingerprint density at radius 3 is 2.28 bits per heavy atom. The van der Waals surface area contributed by atoms with Crippen LogP contribution in [0.25, 0.3) is 0 Å². The summed E-state index contributed by atoms with van der Waals surface area (Å²) in [4.78, 5) is 12.2. The zero-order valence-electron chi connectivity index (χ0n) is 14.2. The van der Waals surface area contributed by atoms with Gasteiger partial charge in [-0.25, -0.2) is 8.78 Å². The van der Waals surface area contributed by atoms with Gasteiger partial charge in [0.25, 0.3) is 0 Å². The van der Waals surface area contributed by atoms with Crippen molar-refractivity contribution in [1.29, 1.82) is 0 Å². The van der Waals surface area contributed by atoms with Crippen LogP contribution in [0.2, 0.25) is 0 Å². The van der Waals surface area contributed by atoms with Gasteiger partial charge in [0.2, 0.25) is 5.75 Å². The number of benzene rings is 2. The molecule has 1 aliphatic carbocycles. The molecule has 25 heavy (non-hydrogen) atoms. The Hall–Kier alpha value is -2.63. The molecular formula is C19H18F2O4. The molecule has 0 aliphatic heterocycles. The molecule has 0 radical (unpaired) electrons. The molecule has 1 atom stereocenters. The molecule has 3 rings (SSSR count). The fourth-order valence-corrected chi connectivity index (χ4v) is 3.39. The van der Waals surface area contributed by atoms with Crippen LogP contribution in [-0.4, -0.2) is 27.1 Å². The quantitative estimate of drug-likeness (QED) is 0.846.